The van der Waals surface area contributed by atoms with Crippen molar-refractivity contribution in [3.05, 3.63) is 133 Å². The second-order valence-corrected chi connectivity index (χ2v) is 10.9. The molecule has 0 aliphatic rings. The SMILES string of the molecule is [2H]c1c([2H])c([2H])c2c(-c3cccc4c3oc3ccccc34)c3c([2H])c([2H])c([2H])c([2H])c3c(-c3ccc4c(c3)sc3ccccc34)c2c1[2H]. The van der Waals surface area contributed by atoms with Gasteiger partial charge < -0.3 is 4.42 Å². The molecule has 9 rings (SSSR count). The van der Waals surface area contributed by atoms with Gasteiger partial charge in [0.1, 0.15) is 11.2 Å². The zero-order chi connectivity index (χ0) is 33.2. The average molecular weight is 535 g/mol. The van der Waals surface area contributed by atoms with E-state index in [0.29, 0.717) is 27.9 Å². The molecule has 1 nitrogen and oxygen atoms in total. The van der Waals surface area contributed by atoms with Gasteiger partial charge in [-0.2, -0.15) is 0 Å². The lowest BCUT2D eigenvalue weighted by Gasteiger charge is -2.18. The van der Waals surface area contributed by atoms with E-state index >= 15 is 0 Å². The van der Waals surface area contributed by atoms with Crippen LogP contribution in [0.15, 0.2) is 138 Å². The summed E-state index contributed by atoms with van der Waals surface area (Å²) in [4.78, 5) is 0. The van der Waals surface area contributed by atoms with E-state index in [9.17, 15) is 5.48 Å². The number of fused-ring (bicyclic) bond motifs is 8. The first-order chi connectivity index (χ1) is 23.2. The maximum absolute atomic E-state index is 9.28. The Bertz CT molecular complexity index is 2810. The first-order valence-corrected chi connectivity index (χ1v) is 13.8. The Morgan fingerprint density at radius 3 is 1.90 bits per heavy atom. The fourth-order valence-corrected chi connectivity index (χ4v) is 7.15. The number of para-hydroxylation sites is 2. The van der Waals surface area contributed by atoms with Gasteiger partial charge in [0.25, 0.3) is 0 Å². The Hall–Kier alpha value is -4.92. The monoisotopic (exact) mass is 534 g/mol. The van der Waals surface area contributed by atoms with Gasteiger partial charge in [-0.05, 0) is 50.9 Å². The number of furan rings is 1. The Labute approximate surface area is 245 Å². The van der Waals surface area contributed by atoms with Crippen molar-refractivity contribution in [1.29, 1.82) is 0 Å². The molecule has 0 N–H and O–H groups in total. The second kappa shape index (κ2) is 8.29. The minimum absolute atomic E-state index is 0.165. The summed E-state index contributed by atoms with van der Waals surface area (Å²) in [5, 5.41) is 4.47. The lowest BCUT2D eigenvalue weighted by molar-refractivity contribution is 0.670. The van der Waals surface area contributed by atoms with Crippen LogP contribution < -0.4 is 0 Å². The molecule has 0 aliphatic carbocycles. The van der Waals surface area contributed by atoms with Crippen LogP contribution in [0.1, 0.15) is 11.0 Å². The van der Waals surface area contributed by atoms with Gasteiger partial charge in [-0.15, -0.1) is 11.3 Å². The molecule has 0 fully saturated rings. The fourth-order valence-electron chi connectivity index (χ4n) is 6.01. The van der Waals surface area contributed by atoms with Crippen LogP contribution in [0.5, 0.6) is 0 Å². The molecule has 9 aromatic rings. The van der Waals surface area contributed by atoms with Gasteiger partial charge in [0, 0.05) is 42.1 Å². The molecule has 0 saturated carbocycles. The van der Waals surface area contributed by atoms with Crippen molar-refractivity contribution in [3.8, 4) is 22.3 Å². The number of rotatable bonds is 2. The predicted molar refractivity (Wildman–Crippen MR) is 172 cm³/mol. The van der Waals surface area contributed by atoms with Crippen molar-refractivity contribution in [2.24, 2.45) is 0 Å². The van der Waals surface area contributed by atoms with Crippen molar-refractivity contribution >= 4 is 75.0 Å². The molecule has 186 valence electrons. The third kappa shape index (κ3) is 3.03. The molecular formula is C38H22OS. The Kier molecular flexibility index (Phi) is 3.24. The highest BCUT2D eigenvalue weighted by molar-refractivity contribution is 7.25. The van der Waals surface area contributed by atoms with Crippen molar-refractivity contribution in [3.63, 3.8) is 0 Å². The number of thiophene rings is 1. The molecule has 0 atom stereocenters. The molecule has 0 bridgehead atoms. The molecule has 0 spiro atoms. The number of hydrogen-bond acceptors (Lipinski definition) is 2. The van der Waals surface area contributed by atoms with Crippen molar-refractivity contribution < 1.29 is 15.4 Å². The lowest BCUT2D eigenvalue weighted by atomic mass is 9.85. The Morgan fingerprint density at radius 1 is 0.500 bits per heavy atom. The maximum Gasteiger partial charge on any atom is 0.143 e. The van der Waals surface area contributed by atoms with Crippen LogP contribution in [-0.2, 0) is 0 Å². The predicted octanol–water partition coefficient (Wildman–Crippen LogP) is 11.6. The smallest absolute Gasteiger partial charge is 0.143 e. The van der Waals surface area contributed by atoms with E-state index in [1.807, 2.05) is 72.8 Å². The van der Waals surface area contributed by atoms with Gasteiger partial charge in [-0.1, -0.05) is 115 Å². The summed E-state index contributed by atoms with van der Waals surface area (Å²) in [5.74, 6) is 0. The average Bonchev–Trinajstić information content (AvgIpc) is 3.68. The number of benzene rings is 7. The highest BCUT2D eigenvalue weighted by Crippen LogP contribution is 2.47. The molecule has 2 heterocycles. The van der Waals surface area contributed by atoms with E-state index in [0.717, 1.165) is 30.9 Å². The summed E-state index contributed by atoms with van der Waals surface area (Å²) < 4.78 is 80.5. The van der Waals surface area contributed by atoms with Crippen molar-refractivity contribution in [2.45, 2.75) is 0 Å². The molecule has 2 heteroatoms. The van der Waals surface area contributed by atoms with E-state index in [1.165, 1.54) is 0 Å². The fraction of sp³-hybridized carbons (Fsp3) is 0. The summed E-state index contributed by atoms with van der Waals surface area (Å²) in [6, 6.07) is 24.1. The normalized spacial score (nSPS) is 14.8. The third-order valence-electron chi connectivity index (χ3n) is 7.72. The highest BCUT2D eigenvalue weighted by atomic mass is 32.1. The Balaban J connectivity index is 1.56. The van der Waals surface area contributed by atoms with E-state index in [-0.39, 0.29) is 51.3 Å². The van der Waals surface area contributed by atoms with Crippen LogP contribution >= 0.6 is 11.3 Å². The quantitative estimate of drug-likeness (QED) is 0.201. The van der Waals surface area contributed by atoms with Gasteiger partial charge >= 0.3 is 0 Å². The second-order valence-electron chi connectivity index (χ2n) is 9.84. The van der Waals surface area contributed by atoms with Crippen LogP contribution in [0.25, 0.3) is 85.9 Å². The summed E-state index contributed by atoms with van der Waals surface area (Å²) in [5.41, 5.74) is 2.76. The molecule has 0 saturated heterocycles. The first kappa shape index (κ1) is 15.6. The van der Waals surface area contributed by atoms with E-state index < -0.39 is 24.2 Å². The molecule has 40 heavy (non-hydrogen) atoms. The van der Waals surface area contributed by atoms with Crippen LogP contribution in [0.4, 0.5) is 0 Å². The summed E-state index contributed by atoms with van der Waals surface area (Å²) >= 11 is 1.60. The topological polar surface area (TPSA) is 13.1 Å². The zero-order valence-electron chi connectivity index (χ0n) is 28.9. The molecule has 7 aromatic carbocycles. The third-order valence-corrected chi connectivity index (χ3v) is 8.85. The minimum atomic E-state index is -0.434. The van der Waals surface area contributed by atoms with Crippen LogP contribution in [-0.4, -0.2) is 0 Å². The van der Waals surface area contributed by atoms with E-state index in [2.05, 4.69) is 6.07 Å². The summed E-state index contributed by atoms with van der Waals surface area (Å²) in [7, 11) is 0. The molecule has 2 aromatic heterocycles. The molecular weight excluding hydrogens is 504 g/mol. The van der Waals surface area contributed by atoms with Crippen LogP contribution in [0.3, 0.4) is 0 Å². The van der Waals surface area contributed by atoms with Gasteiger partial charge in [0.05, 0.1) is 11.0 Å². The van der Waals surface area contributed by atoms with Crippen LogP contribution in [0.2, 0.25) is 0 Å². The van der Waals surface area contributed by atoms with E-state index in [4.69, 9.17) is 9.90 Å². The molecule has 0 aliphatic heterocycles. The molecule has 0 unspecified atom stereocenters. The van der Waals surface area contributed by atoms with Crippen molar-refractivity contribution in [2.75, 3.05) is 0 Å². The summed E-state index contributed by atoms with van der Waals surface area (Å²) in [6.07, 6.45) is 0. The largest absolute Gasteiger partial charge is 0.455 e. The maximum atomic E-state index is 9.28. The highest BCUT2D eigenvalue weighted by Gasteiger charge is 2.20. The van der Waals surface area contributed by atoms with Crippen molar-refractivity contribution in [1.82, 2.24) is 0 Å². The van der Waals surface area contributed by atoms with E-state index in [1.54, 1.807) is 17.4 Å². The number of hydrogen-bond donors (Lipinski definition) is 0. The van der Waals surface area contributed by atoms with Gasteiger partial charge in [-0.3, -0.25) is 0 Å². The zero-order valence-corrected chi connectivity index (χ0v) is 21.7. The van der Waals surface area contributed by atoms with Crippen LogP contribution in [0, 0.1) is 0 Å². The first-order valence-electron chi connectivity index (χ1n) is 17.0. The minimum Gasteiger partial charge on any atom is -0.455 e. The van der Waals surface area contributed by atoms with Gasteiger partial charge in [-0.25, -0.2) is 0 Å². The Morgan fingerprint density at radius 2 is 1.12 bits per heavy atom. The van der Waals surface area contributed by atoms with Gasteiger partial charge in [0.2, 0.25) is 0 Å². The molecule has 0 amide bonds. The van der Waals surface area contributed by atoms with Gasteiger partial charge in [0.15, 0.2) is 0 Å². The molecule has 0 radical (unpaired) electrons. The standard InChI is InChI=1S/C38H22OS/c1-3-14-29-27(12-1)36(23-20-21-26-25-11-6-8-19-34(25)40-35(26)22-23)28-13-2-4-15-30(28)37(29)32-17-9-16-31-24-10-5-7-18-33(24)39-38(31)32/h1-22H/i1D,2D,3D,4D,12D,13D,14D,15D. The lowest BCUT2D eigenvalue weighted by Crippen LogP contribution is -1.91. The summed E-state index contributed by atoms with van der Waals surface area (Å²) in [6.45, 7) is 0.